The maximum absolute atomic E-state index is 11.9. The van der Waals surface area contributed by atoms with Crippen LogP contribution in [-0.4, -0.2) is 11.8 Å². The normalized spacial score (nSPS) is 11.7. The molecule has 0 saturated heterocycles. The lowest BCUT2D eigenvalue weighted by Gasteiger charge is -2.11. The molecule has 0 aliphatic carbocycles. The van der Waals surface area contributed by atoms with Crippen LogP contribution in [0.2, 0.25) is 0 Å². The van der Waals surface area contributed by atoms with Crippen LogP contribution in [-0.2, 0) is 4.79 Å². The van der Waals surface area contributed by atoms with Crippen LogP contribution in [0.3, 0.4) is 0 Å². The van der Waals surface area contributed by atoms with Gasteiger partial charge >= 0.3 is 0 Å². The molecule has 21 heavy (non-hydrogen) atoms. The molecule has 5 heteroatoms. The lowest BCUT2D eigenvalue weighted by molar-refractivity contribution is -0.119. The van der Waals surface area contributed by atoms with Crippen molar-refractivity contribution in [3.63, 3.8) is 0 Å². The number of carbonyl (C=O) groups excluding carboxylic acids is 2. The van der Waals surface area contributed by atoms with Gasteiger partial charge < -0.3 is 15.1 Å². The van der Waals surface area contributed by atoms with Crippen molar-refractivity contribution in [2.45, 2.75) is 20.3 Å². The summed E-state index contributed by atoms with van der Waals surface area (Å²) >= 11 is 0. The molecule has 2 amide bonds. The molecule has 2 N–H and O–H groups in total. The first-order chi connectivity index (χ1) is 10.1. The predicted molar refractivity (Wildman–Crippen MR) is 81.2 cm³/mol. The molecule has 1 aromatic carbocycles. The molecule has 0 unspecified atom stereocenters. The summed E-state index contributed by atoms with van der Waals surface area (Å²) in [6.07, 6.45) is 2.22. The third-order valence-corrected chi connectivity index (χ3v) is 3.19. The van der Waals surface area contributed by atoms with E-state index in [4.69, 9.17) is 4.42 Å². The number of nitrogens with one attached hydrogen (secondary N) is 2. The minimum absolute atomic E-state index is 0.0352. The smallest absolute Gasteiger partial charge is 0.291 e. The van der Waals surface area contributed by atoms with Crippen LogP contribution in [0.25, 0.3) is 0 Å². The summed E-state index contributed by atoms with van der Waals surface area (Å²) in [5, 5.41) is 5.54. The molecule has 0 aliphatic rings. The van der Waals surface area contributed by atoms with Crippen LogP contribution in [0.5, 0.6) is 0 Å². The van der Waals surface area contributed by atoms with Crippen LogP contribution < -0.4 is 10.6 Å². The number of carbonyl (C=O) groups is 2. The Hall–Kier alpha value is -2.56. The van der Waals surface area contributed by atoms with E-state index in [-0.39, 0.29) is 23.5 Å². The highest BCUT2D eigenvalue weighted by atomic mass is 16.3. The fraction of sp³-hybridized carbons (Fsp3) is 0.250. The van der Waals surface area contributed by atoms with Gasteiger partial charge in [-0.05, 0) is 36.8 Å². The van der Waals surface area contributed by atoms with Crippen molar-refractivity contribution in [1.29, 1.82) is 0 Å². The molecular formula is C16H18N2O3. The van der Waals surface area contributed by atoms with E-state index in [9.17, 15) is 9.59 Å². The second kappa shape index (κ2) is 6.74. The fourth-order valence-corrected chi connectivity index (χ4v) is 1.73. The van der Waals surface area contributed by atoms with Gasteiger partial charge in [0.2, 0.25) is 5.91 Å². The van der Waals surface area contributed by atoms with Crippen molar-refractivity contribution in [2.24, 2.45) is 5.92 Å². The average molecular weight is 286 g/mol. The topological polar surface area (TPSA) is 71.3 Å². The lowest BCUT2D eigenvalue weighted by atomic mass is 10.1. The molecule has 0 spiro atoms. The van der Waals surface area contributed by atoms with Crippen molar-refractivity contribution in [3.05, 3.63) is 48.4 Å². The van der Waals surface area contributed by atoms with Gasteiger partial charge in [0.05, 0.1) is 6.26 Å². The Morgan fingerprint density at radius 1 is 1.14 bits per heavy atom. The zero-order valence-electron chi connectivity index (χ0n) is 12.1. The molecule has 1 atom stereocenters. The number of hydrogen-bond donors (Lipinski definition) is 2. The number of amides is 2. The highest BCUT2D eigenvalue weighted by molar-refractivity contribution is 6.02. The third-order valence-electron chi connectivity index (χ3n) is 3.19. The van der Waals surface area contributed by atoms with Crippen molar-refractivity contribution in [2.75, 3.05) is 10.6 Å². The van der Waals surface area contributed by atoms with Gasteiger partial charge in [-0.3, -0.25) is 9.59 Å². The summed E-state index contributed by atoms with van der Waals surface area (Å²) in [7, 11) is 0. The lowest BCUT2D eigenvalue weighted by Crippen LogP contribution is -2.19. The zero-order valence-corrected chi connectivity index (χ0v) is 12.1. The Kier molecular flexibility index (Phi) is 4.77. The predicted octanol–water partition coefficient (Wildman–Crippen LogP) is 3.52. The van der Waals surface area contributed by atoms with E-state index in [0.717, 1.165) is 6.42 Å². The van der Waals surface area contributed by atoms with E-state index in [2.05, 4.69) is 10.6 Å². The Morgan fingerprint density at radius 3 is 2.48 bits per heavy atom. The number of hydrogen-bond acceptors (Lipinski definition) is 3. The Morgan fingerprint density at radius 2 is 1.86 bits per heavy atom. The Bertz CT molecular complexity index is 620. The quantitative estimate of drug-likeness (QED) is 0.883. The van der Waals surface area contributed by atoms with E-state index >= 15 is 0 Å². The van der Waals surface area contributed by atoms with Crippen LogP contribution in [0.1, 0.15) is 30.8 Å². The van der Waals surface area contributed by atoms with Crippen molar-refractivity contribution in [3.8, 4) is 0 Å². The first kappa shape index (κ1) is 14.8. The summed E-state index contributed by atoms with van der Waals surface area (Å²) < 4.78 is 5.03. The Balaban J connectivity index is 2.04. The molecule has 5 nitrogen and oxygen atoms in total. The SMILES string of the molecule is CC[C@@H](C)C(=O)Nc1cccc(NC(=O)c2ccco2)c1. The van der Waals surface area contributed by atoms with Crippen LogP contribution in [0.4, 0.5) is 11.4 Å². The number of anilines is 2. The molecule has 110 valence electrons. The molecule has 0 radical (unpaired) electrons. The van der Waals surface area contributed by atoms with E-state index in [1.165, 1.54) is 6.26 Å². The van der Waals surface area contributed by atoms with Crippen LogP contribution in [0, 0.1) is 5.92 Å². The molecule has 2 rings (SSSR count). The van der Waals surface area contributed by atoms with Gasteiger partial charge in [0.15, 0.2) is 5.76 Å². The molecule has 0 saturated carbocycles. The van der Waals surface area contributed by atoms with Crippen molar-refractivity contribution >= 4 is 23.2 Å². The molecule has 1 aromatic heterocycles. The van der Waals surface area contributed by atoms with Gasteiger partial charge in [0.25, 0.3) is 5.91 Å². The number of rotatable bonds is 5. The van der Waals surface area contributed by atoms with E-state index < -0.39 is 0 Å². The summed E-state index contributed by atoms with van der Waals surface area (Å²) in [5.41, 5.74) is 1.25. The third kappa shape index (κ3) is 3.95. The average Bonchev–Trinajstić information content (AvgIpc) is 3.01. The number of furan rings is 1. The maximum atomic E-state index is 11.9. The maximum Gasteiger partial charge on any atom is 0.291 e. The van der Waals surface area contributed by atoms with Gasteiger partial charge in [-0.15, -0.1) is 0 Å². The second-order valence-corrected chi connectivity index (χ2v) is 4.81. The first-order valence-electron chi connectivity index (χ1n) is 6.86. The molecule has 0 bridgehead atoms. The summed E-state index contributed by atoms with van der Waals surface area (Å²) in [6.45, 7) is 3.84. The van der Waals surface area contributed by atoms with E-state index in [1.807, 2.05) is 13.8 Å². The molecule has 0 fully saturated rings. The standard InChI is InChI=1S/C16H18N2O3/c1-3-11(2)15(19)17-12-6-4-7-13(10-12)18-16(20)14-8-5-9-21-14/h4-11H,3H2,1-2H3,(H,17,19)(H,18,20)/t11-/m1/s1. The fourth-order valence-electron chi connectivity index (χ4n) is 1.73. The van der Waals surface area contributed by atoms with E-state index in [0.29, 0.717) is 11.4 Å². The van der Waals surface area contributed by atoms with E-state index in [1.54, 1.807) is 36.4 Å². The molecular weight excluding hydrogens is 268 g/mol. The van der Waals surface area contributed by atoms with Crippen molar-refractivity contribution in [1.82, 2.24) is 0 Å². The zero-order chi connectivity index (χ0) is 15.2. The van der Waals surface area contributed by atoms with Gasteiger partial charge in [-0.2, -0.15) is 0 Å². The minimum Gasteiger partial charge on any atom is -0.459 e. The summed E-state index contributed by atoms with van der Waals surface area (Å²) in [5.74, 6) is -0.173. The second-order valence-electron chi connectivity index (χ2n) is 4.81. The largest absolute Gasteiger partial charge is 0.459 e. The molecule has 1 heterocycles. The molecule has 0 aliphatic heterocycles. The monoisotopic (exact) mass is 286 g/mol. The first-order valence-corrected chi connectivity index (χ1v) is 6.86. The highest BCUT2D eigenvalue weighted by Crippen LogP contribution is 2.17. The van der Waals surface area contributed by atoms with Gasteiger partial charge in [-0.25, -0.2) is 0 Å². The highest BCUT2D eigenvalue weighted by Gasteiger charge is 2.12. The van der Waals surface area contributed by atoms with Crippen molar-refractivity contribution < 1.29 is 14.0 Å². The Labute approximate surface area is 123 Å². The van der Waals surface area contributed by atoms with Crippen LogP contribution in [0.15, 0.2) is 47.1 Å². The number of benzene rings is 1. The van der Waals surface area contributed by atoms with Gasteiger partial charge in [0, 0.05) is 17.3 Å². The molecule has 2 aromatic rings. The summed E-state index contributed by atoms with van der Waals surface area (Å²) in [4.78, 5) is 23.7. The van der Waals surface area contributed by atoms with Gasteiger partial charge in [-0.1, -0.05) is 19.9 Å². The minimum atomic E-state index is -0.328. The van der Waals surface area contributed by atoms with Crippen LogP contribution >= 0.6 is 0 Å². The summed E-state index contributed by atoms with van der Waals surface area (Å²) in [6, 6.07) is 10.2. The van der Waals surface area contributed by atoms with Gasteiger partial charge in [0.1, 0.15) is 0 Å².